The number of fused-ring (bicyclic) bond motifs is 1. The van der Waals surface area contributed by atoms with Crippen LogP contribution in [0.1, 0.15) is 19.9 Å². The standard InChI is InChI=1S/C17H15N3O5S/c1-3-25-17(22)10(2)19-9-18-15-14(16(19)21)13(8-26-15)11-4-6-12(7-5-11)20(23)24/h4-10H,3H2,1-2H3/t10-/m0/s1. The van der Waals surface area contributed by atoms with Crippen LogP contribution in [-0.2, 0) is 9.53 Å². The van der Waals surface area contributed by atoms with Crippen molar-refractivity contribution in [3.8, 4) is 11.1 Å². The number of carbonyl (C=O) groups excluding carboxylic acids is 1. The first-order chi connectivity index (χ1) is 12.4. The molecule has 0 spiro atoms. The van der Waals surface area contributed by atoms with Crippen molar-refractivity contribution in [3.05, 3.63) is 56.4 Å². The highest BCUT2D eigenvalue weighted by Gasteiger charge is 2.21. The zero-order valence-corrected chi connectivity index (χ0v) is 14.9. The van der Waals surface area contributed by atoms with Crippen molar-refractivity contribution in [1.82, 2.24) is 9.55 Å². The molecule has 0 aliphatic rings. The van der Waals surface area contributed by atoms with Crippen LogP contribution in [0.4, 0.5) is 5.69 Å². The summed E-state index contributed by atoms with van der Waals surface area (Å²) in [5, 5.41) is 13.0. The summed E-state index contributed by atoms with van der Waals surface area (Å²) in [5.41, 5.74) is 0.912. The third kappa shape index (κ3) is 3.08. The SMILES string of the molecule is CCOC(=O)[C@H](C)n1cnc2scc(-c3ccc([N+](=O)[O-])cc3)c2c1=O. The molecule has 0 unspecified atom stereocenters. The van der Waals surface area contributed by atoms with Crippen LogP contribution < -0.4 is 5.56 Å². The van der Waals surface area contributed by atoms with Gasteiger partial charge in [0.1, 0.15) is 10.9 Å². The summed E-state index contributed by atoms with van der Waals surface area (Å²) in [4.78, 5) is 40.0. The summed E-state index contributed by atoms with van der Waals surface area (Å²) in [5.74, 6) is -0.511. The monoisotopic (exact) mass is 373 g/mol. The molecule has 134 valence electrons. The number of ether oxygens (including phenoxy) is 1. The van der Waals surface area contributed by atoms with Crippen molar-refractivity contribution in [2.24, 2.45) is 0 Å². The zero-order valence-electron chi connectivity index (χ0n) is 14.0. The highest BCUT2D eigenvalue weighted by Crippen LogP contribution is 2.31. The van der Waals surface area contributed by atoms with E-state index in [-0.39, 0.29) is 17.9 Å². The summed E-state index contributed by atoms with van der Waals surface area (Å²) in [7, 11) is 0. The molecule has 0 N–H and O–H groups in total. The lowest BCUT2D eigenvalue weighted by atomic mass is 10.1. The molecule has 1 atom stereocenters. The maximum Gasteiger partial charge on any atom is 0.328 e. The molecule has 2 heterocycles. The second kappa shape index (κ2) is 7.04. The highest BCUT2D eigenvalue weighted by atomic mass is 32.1. The Hall–Kier alpha value is -3.07. The Labute approximate surface area is 151 Å². The van der Waals surface area contributed by atoms with Crippen molar-refractivity contribution >= 4 is 33.2 Å². The Kier molecular flexibility index (Phi) is 4.81. The molecule has 1 aromatic carbocycles. The molecule has 0 aliphatic heterocycles. The van der Waals surface area contributed by atoms with Crippen molar-refractivity contribution < 1.29 is 14.5 Å². The van der Waals surface area contributed by atoms with Gasteiger partial charge in [0, 0.05) is 23.1 Å². The molecule has 0 saturated carbocycles. The molecule has 2 aromatic heterocycles. The minimum absolute atomic E-state index is 0.0280. The fourth-order valence-corrected chi connectivity index (χ4v) is 3.48. The lowest BCUT2D eigenvalue weighted by Gasteiger charge is -2.13. The van der Waals surface area contributed by atoms with E-state index >= 15 is 0 Å². The molecule has 0 radical (unpaired) electrons. The van der Waals surface area contributed by atoms with E-state index in [1.165, 1.54) is 34.4 Å². The van der Waals surface area contributed by atoms with Gasteiger partial charge in [0.2, 0.25) is 0 Å². The predicted octanol–water partition coefficient (Wildman–Crippen LogP) is 3.16. The van der Waals surface area contributed by atoms with Crippen LogP contribution in [0.25, 0.3) is 21.3 Å². The van der Waals surface area contributed by atoms with Crippen LogP contribution in [0.3, 0.4) is 0 Å². The Bertz CT molecular complexity index is 1040. The van der Waals surface area contributed by atoms with E-state index in [1.807, 2.05) is 0 Å². The molecule has 0 saturated heterocycles. The third-order valence-corrected chi connectivity index (χ3v) is 4.84. The van der Waals surface area contributed by atoms with Gasteiger partial charge in [-0.15, -0.1) is 11.3 Å². The van der Waals surface area contributed by atoms with E-state index in [4.69, 9.17) is 4.74 Å². The molecule has 26 heavy (non-hydrogen) atoms. The molecule has 3 aromatic rings. The Morgan fingerprint density at radius 1 is 1.38 bits per heavy atom. The first-order valence-corrected chi connectivity index (χ1v) is 8.71. The molecular formula is C17H15N3O5S. The molecule has 0 fully saturated rings. The largest absolute Gasteiger partial charge is 0.464 e. The number of thiophene rings is 1. The van der Waals surface area contributed by atoms with E-state index in [0.29, 0.717) is 21.3 Å². The zero-order chi connectivity index (χ0) is 18.8. The minimum atomic E-state index is -0.802. The van der Waals surface area contributed by atoms with Crippen LogP contribution in [0.5, 0.6) is 0 Å². The topological polar surface area (TPSA) is 104 Å². The van der Waals surface area contributed by atoms with E-state index in [9.17, 15) is 19.7 Å². The Morgan fingerprint density at radius 3 is 2.69 bits per heavy atom. The van der Waals surface area contributed by atoms with Gasteiger partial charge >= 0.3 is 5.97 Å². The number of rotatable bonds is 5. The van der Waals surface area contributed by atoms with Gasteiger partial charge in [0.25, 0.3) is 11.2 Å². The number of aromatic nitrogens is 2. The second-order valence-corrected chi connectivity index (χ2v) is 6.38. The maximum atomic E-state index is 12.9. The van der Waals surface area contributed by atoms with E-state index in [0.717, 1.165) is 0 Å². The molecule has 8 nitrogen and oxygen atoms in total. The van der Waals surface area contributed by atoms with Crippen LogP contribution in [0, 0.1) is 10.1 Å². The number of hydrogen-bond acceptors (Lipinski definition) is 7. The van der Waals surface area contributed by atoms with Gasteiger partial charge in [-0.25, -0.2) is 9.78 Å². The van der Waals surface area contributed by atoms with Gasteiger partial charge < -0.3 is 4.74 Å². The average Bonchev–Trinajstić information content (AvgIpc) is 3.07. The Balaban J connectivity index is 2.11. The smallest absolute Gasteiger partial charge is 0.328 e. The summed E-state index contributed by atoms with van der Waals surface area (Å²) >= 11 is 1.30. The maximum absolute atomic E-state index is 12.9. The number of carbonyl (C=O) groups is 1. The lowest BCUT2D eigenvalue weighted by Crippen LogP contribution is -2.29. The molecular weight excluding hydrogens is 358 g/mol. The van der Waals surface area contributed by atoms with E-state index in [1.54, 1.807) is 31.4 Å². The van der Waals surface area contributed by atoms with Gasteiger partial charge in [-0.05, 0) is 31.5 Å². The normalized spacial score (nSPS) is 12.1. The van der Waals surface area contributed by atoms with Crippen molar-refractivity contribution in [2.75, 3.05) is 6.61 Å². The first-order valence-electron chi connectivity index (χ1n) is 7.83. The number of nitro benzene ring substituents is 1. The highest BCUT2D eigenvalue weighted by molar-refractivity contribution is 7.17. The van der Waals surface area contributed by atoms with Crippen molar-refractivity contribution in [3.63, 3.8) is 0 Å². The number of non-ortho nitro benzene ring substituents is 1. The number of nitrogens with zero attached hydrogens (tertiary/aromatic N) is 3. The van der Waals surface area contributed by atoms with Gasteiger partial charge in [-0.3, -0.25) is 19.5 Å². The molecule has 0 amide bonds. The van der Waals surface area contributed by atoms with Crippen LogP contribution >= 0.6 is 11.3 Å². The number of benzene rings is 1. The number of hydrogen-bond donors (Lipinski definition) is 0. The molecule has 0 aliphatic carbocycles. The third-order valence-electron chi connectivity index (χ3n) is 3.95. The van der Waals surface area contributed by atoms with Crippen LogP contribution in [-0.4, -0.2) is 27.1 Å². The molecule has 9 heteroatoms. The lowest BCUT2D eigenvalue weighted by molar-refractivity contribution is -0.384. The average molecular weight is 373 g/mol. The van der Waals surface area contributed by atoms with Gasteiger partial charge in [-0.2, -0.15) is 0 Å². The van der Waals surface area contributed by atoms with Gasteiger partial charge in [0.15, 0.2) is 0 Å². The summed E-state index contributed by atoms with van der Waals surface area (Å²) in [6, 6.07) is 5.14. The van der Waals surface area contributed by atoms with Crippen LogP contribution in [0.2, 0.25) is 0 Å². The quantitative estimate of drug-likeness (QED) is 0.386. The van der Waals surface area contributed by atoms with Gasteiger partial charge in [0.05, 0.1) is 23.2 Å². The summed E-state index contributed by atoms with van der Waals surface area (Å²) < 4.78 is 6.21. The fraction of sp³-hybridized carbons (Fsp3) is 0.235. The van der Waals surface area contributed by atoms with E-state index < -0.39 is 16.9 Å². The first kappa shape index (κ1) is 17.7. The summed E-state index contributed by atoms with van der Waals surface area (Å²) in [6.07, 6.45) is 1.34. The number of nitro groups is 1. The van der Waals surface area contributed by atoms with Gasteiger partial charge in [-0.1, -0.05) is 0 Å². The predicted molar refractivity (Wildman–Crippen MR) is 97.3 cm³/mol. The molecule has 3 rings (SSSR count). The van der Waals surface area contributed by atoms with Crippen LogP contribution in [0.15, 0.2) is 40.8 Å². The summed E-state index contributed by atoms with van der Waals surface area (Å²) in [6.45, 7) is 3.49. The second-order valence-electron chi connectivity index (χ2n) is 5.52. The van der Waals surface area contributed by atoms with E-state index in [2.05, 4.69) is 4.98 Å². The van der Waals surface area contributed by atoms with Crippen molar-refractivity contribution in [2.45, 2.75) is 19.9 Å². The minimum Gasteiger partial charge on any atom is -0.464 e. The fourth-order valence-electron chi connectivity index (χ4n) is 2.57. The Morgan fingerprint density at radius 2 is 2.08 bits per heavy atom. The number of esters is 1. The molecule has 0 bridgehead atoms. The van der Waals surface area contributed by atoms with Crippen molar-refractivity contribution in [1.29, 1.82) is 0 Å².